The molecule has 2 aromatic rings. The molecule has 2 fully saturated rings. The molecule has 0 radical (unpaired) electrons. The summed E-state index contributed by atoms with van der Waals surface area (Å²) in [6.45, 7) is 1.45. The predicted octanol–water partition coefficient (Wildman–Crippen LogP) is 2.43. The van der Waals surface area contributed by atoms with Crippen LogP contribution in [0, 0.1) is 5.92 Å². The first-order chi connectivity index (χ1) is 12.1. The molecule has 2 unspecified atom stereocenters. The molecular weight excluding hydrogens is 352 g/mol. The molecule has 2 atom stereocenters. The van der Waals surface area contributed by atoms with E-state index in [2.05, 4.69) is 4.98 Å². The van der Waals surface area contributed by atoms with Crippen LogP contribution >= 0.6 is 12.4 Å². The molecule has 6 nitrogen and oxygen atoms in total. The minimum atomic E-state index is -0.0516. The number of halogens is 1. The molecule has 1 aromatic heterocycles. The van der Waals surface area contributed by atoms with Gasteiger partial charge in [0.15, 0.2) is 0 Å². The van der Waals surface area contributed by atoms with Crippen LogP contribution < -0.4 is 11.4 Å². The second kappa shape index (κ2) is 7.84. The third kappa shape index (κ3) is 3.53. The van der Waals surface area contributed by atoms with Gasteiger partial charge in [0.2, 0.25) is 5.91 Å². The van der Waals surface area contributed by atoms with E-state index in [0.717, 1.165) is 62.6 Å². The van der Waals surface area contributed by atoms with Crippen LogP contribution in [-0.4, -0.2) is 39.5 Å². The molecular formula is C19H27ClN4O2. The minimum Gasteiger partial charge on any atom is -0.342 e. The van der Waals surface area contributed by atoms with Crippen molar-refractivity contribution in [3.05, 3.63) is 34.7 Å². The maximum absolute atomic E-state index is 12.8. The Bertz CT molecular complexity index is 822. The monoisotopic (exact) mass is 378 g/mol. The zero-order chi connectivity index (χ0) is 17.4. The molecule has 1 aliphatic carbocycles. The Labute approximate surface area is 159 Å². The number of aromatic amines is 1. The summed E-state index contributed by atoms with van der Waals surface area (Å²) >= 11 is 0. The van der Waals surface area contributed by atoms with Crippen molar-refractivity contribution in [1.29, 1.82) is 0 Å². The number of hydrogen-bond acceptors (Lipinski definition) is 3. The third-order valence-electron chi connectivity index (χ3n) is 5.83. The van der Waals surface area contributed by atoms with Gasteiger partial charge in [0.25, 0.3) is 0 Å². The molecule has 2 aliphatic rings. The van der Waals surface area contributed by atoms with Crippen LogP contribution in [0.2, 0.25) is 0 Å². The maximum Gasteiger partial charge on any atom is 0.326 e. The van der Waals surface area contributed by atoms with E-state index >= 15 is 0 Å². The number of amides is 1. The van der Waals surface area contributed by atoms with Crippen LogP contribution in [0.4, 0.5) is 0 Å². The van der Waals surface area contributed by atoms with Crippen molar-refractivity contribution in [1.82, 2.24) is 14.5 Å². The summed E-state index contributed by atoms with van der Waals surface area (Å²) in [4.78, 5) is 30.0. The van der Waals surface area contributed by atoms with Gasteiger partial charge in [-0.2, -0.15) is 0 Å². The second-order valence-corrected chi connectivity index (χ2v) is 7.50. The Hall–Kier alpha value is -1.79. The number of carbonyl (C=O) groups is 1. The maximum atomic E-state index is 12.8. The van der Waals surface area contributed by atoms with E-state index in [1.807, 2.05) is 33.7 Å². The van der Waals surface area contributed by atoms with Gasteiger partial charge in [-0.25, -0.2) is 4.79 Å². The highest BCUT2D eigenvalue weighted by Crippen LogP contribution is 2.29. The standard InChI is InChI=1S/C19H26N4O2.ClH/c20-14-5-3-4-13(12-14)18(24)22-10-8-15(9-11-22)23-17-7-2-1-6-16(17)21-19(23)25;/h1-2,6-7,13-15H,3-5,8-12,20H2,(H,21,25);1H. The first kappa shape index (κ1) is 19.0. The molecule has 1 saturated carbocycles. The Kier molecular flexibility index (Phi) is 5.73. The van der Waals surface area contributed by atoms with Crippen molar-refractivity contribution in [2.75, 3.05) is 13.1 Å². The van der Waals surface area contributed by atoms with Gasteiger partial charge in [0.05, 0.1) is 11.0 Å². The molecule has 0 spiro atoms. The number of H-pyrrole nitrogens is 1. The number of imidazole rings is 1. The first-order valence-corrected chi connectivity index (χ1v) is 9.37. The second-order valence-electron chi connectivity index (χ2n) is 7.50. The number of rotatable bonds is 2. The molecule has 4 rings (SSSR count). The normalized spacial score (nSPS) is 24.4. The van der Waals surface area contributed by atoms with Crippen molar-refractivity contribution in [2.45, 2.75) is 50.6 Å². The predicted molar refractivity (Wildman–Crippen MR) is 105 cm³/mol. The van der Waals surface area contributed by atoms with E-state index in [4.69, 9.17) is 5.73 Å². The van der Waals surface area contributed by atoms with Gasteiger partial charge in [-0.3, -0.25) is 9.36 Å². The van der Waals surface area contributed by atoms with Crippen molar-refractivity contribution < 1.29 is 4.79 Å². The zero-order valence-corrected chi connectivity index (χ0v) is 15.7. The Balaban J connectivity index is 0.00000196. The molecule has 1 aliphatic heterocycles. The lowest BCUT2D eigenvalue weighted by Gasteiger charge is -2.36. The Morgan fingerprint density at radius 2 is 1.85 bits per heavy atom. The number of benzene rings is 1. The van der Waals surface area contributed by atoms with E-state index in [1.54, 1.807) is 0 Å². The summed E-state index contributed by atoms with van der Waals surface area (Å²) in [6.07, 6.45) is 5.53. The highest BCUT2D eigenvalue weighted by atomic mass is 35.5. The topological polar surface area (TPSA) is 84.1 Å². The number of hydrogen-bond donors (Lipinski definition) is 2. The number of aromatic nitrogens is 2. The summed E-state index contributed by atoms with van der Waals surface area (Å²) in [5.74, 6) is 0.357. The first-order valence-electron chi connectivity index (χ1n) is 9.37. The van der Waals surface area contributed by atoms with E-state index in [-0.39, 0.29) is 42.0 Å². The highest BCUT2D eigenvalue weighted by Gasteiger charge is 2.32. The van der Waals surface area contributed by atoms with Gasteiger partial charge in [0.1, 0.15) is 0 Å². The molecule has 2 heterocycles. The summed E-state index contributed by atoms with van der Waals surface area (Å²) in [7, 11) is 0. The number of likely N-dealkylation sites (tertiary alicyclic amines) is 1. The molecule has 142 valence electrons. The molecule has 1 saturated heterocycles. The SMILES string of the molecule is Cl.NC1CCCC(C(=O)N2CCC(n3c(=O)[nH]c4ccccc43)CC2)C1. The fourth-order valence-corrected chi connectivity index (χ4v) is 4.49. The van der Waals surface area contributed by atoms with Crippen LogP contribution in [0.5, 0.6) is 0 Å². The van der Waals surface area contributed by atoms with Crippen LogP contribution in [0.25, 0.3) is 11.0 Å². The lowest BCUT2D eigenvalue weighted by atomic mass is 9.85. The average Bonchev–Trinajstić information content (AvgIpc) is 2.97. The largest absolute Gasteiger partial charge is 0.342 e. The summed E-state index contributed by atoms with van der Waals surface area (Å²) in [5.41, 5.74) is 7.82. The van der Waals surface area contributed by atoms with Crippen LogP contribution in [0.1, 0.15) is 44.6 Å². The van der Waals surface area contributed by atoms with E-state index in [9.17, 15) is 9.59 Å². The molecule has 7 heteroatoms. The number of nitrogens with two attached hydrogens (primary N) is 1. The van der Waals surface area contributed by atoms with E-state index < -0.39 is 0 Å². The Morgan fingerprint density at radius 1 is 1.12 bits per heavy atom. The minimum absolute atomic E-state index is 0. The fraction of sp³-hybridized carbons (Fsp3) is 0.579. The average molecular weight is 379 g/mol. The third-order valence-corrected chi connectivity index (χ3v) is 5.83. The lowest BCUT2D eigenvalue weighted by Crippen LogP contribution is -2.45. The number of piperidine rings is 1. The van der Waals surface area contributed by atoms with Gasteiger partial charge in [0, 0.05) is 31.1 Å². The fourth-order valence-electron chi connectivity index (χ4n) is 4.49. The number of para-hydroxylation sites is 2. The Morgan fingerprint density at radius 3 is 2.58 bits per heavy atom. The molecule has 1 aromatic carbocycles. The number of nitrogens with zero attached hydrogens (tertiary/aromatic N) is 2. The van der Waals surface area contributed by atoms with Gasteiger partial charge < -0.3 is 15.6 Å². The van der Waals surface area contributed by atoms with Crippen molar-refractivity contribution in [3.63, 3.8) is 0 Å². The number of carbonyl (C=O) groups excluding carboxylic acids is 1. The highest BCUT2D eigenvalue weighted by molar-refractivity contribution is 5.85. The zero-order valence-electron chi connectivity index (χ0n) is 14.9. The number of fused-ring (bicyclic) bond motifs is 1. The van der Waals surface area contributed by atoms with Crippen LogP contribution in [0.15, 0.2) is 29.1 Å². The quantitative estimate of drug-likeness (QED) is 0.841. The number of nitrogens with one attached hydrogen (secondary N) is 1. The van der Waals surface area contributed by atoms with E-state index in [0.29, 0.717) is 0 Å². The van der Waals surface area contributed by atoms with Crippen molar-refractivity contribution in [3.8, 4) is 0 Å². The van der Waals surface area contributed by atoms with Gasteiger partial charge >= 0.3 is 5.69 Å². The molecule has 26 heavy (non-hydrogen) atoms. The smallest absolute Gasteiger partial charge is 0.326 e. The molecule has 0 bridgehead atoms. The van der Waals surface area contributed by atoms with Crippen molar-refractivity contribution >= 4 is 29.3 Å². The van der Waals surface area contributed by atoms with Crippen molar-refractivity contribution in [2.24, 2.45) is 11.7 Å². The van der Waals surface area contributed by atoms with Gasteiger partial charge in [-0.1, -0.05) is 18.6 Å². The molecule has 3 N–H and O–H groups in total. The lowest BCUT2D eigenvalue weighted by molar-refractivity contribution is -0.138. The summed E-state index contributed by atoms with van der Waals surface area (Å²) in [6, 6.07) is 8.12. The summed E-state index contributed by atoms with van der Waals surface area (Å²) in [5, 5.41) is 0. The van der Waals surface area contributed by atoms with Gasteiger partial charge in [-0.15, -0.1) is 12.4 Å². The molecule has 1 amide bonds. The van der Waals surface area contributed by atoms with Gasteiger partial charge in [-0.05, 0) is 44.2 Å². The van der Waals surface area contributed by atoms with Crippen LogP contribution in [0.3, 0.4) is 0 Å². The van der Waals surface area contributed by atoms with Crippen LogP contribution in [-0.2, 0) is 4.79 Å². The van der Waals surface area contributed by atoms with E-state index in [1.165, 1.54) is 0 Å². The summed E-state index contributed by atoms with van der Waals surface area (Å²) < 4.78 is 1.87.